The molecule has 21 heavy (non-hydrogen) atoms. The molecule has 0 aliphatic carbocycles. The summed E-state index contributed by atoms with van der Waals surface area (Å²) < 4.78 is 1.67. The largest absolute Gasteiger partial charge is 0.397 e. The number of nitrogens with two attached hydrogens (primary N) is 1. The van der Waals surface area contributed by atoms with Gasteiger partial charge in [0.25, 0.3) is 5.91 Å². The molecule has 1 amide bonds. The standard InChI is InChI=1S/C14H20N6O/c1-3-16-14(21)10-4-5-12(11(15)8-10)17-7-6-13-18-9-20(2)19-13/h4-5,8-9,17H,3,6-7,15H2,1-2H3,(H,16,21). The minimum atomic E-state index is -0.117. The second-order valence-electron chi connectivity index (χ2n) is 4.67. The highest BCUT2D eigenvalue weighted by atomic mass is 16.1. The first kappa shape index (κ1) is 14.8. The van der Waals surface area contributed by atoms with E-state index < -0.39 is 0 Å². The van der Waals surface area contributed by atoms with Crippen molar-refractivity contribution < 1.29 is 4.79 Å². The van der Waals surface area contributed by atoms with Crippen molar-refractivity contribution in [1.29, 1.82) is 0 Å². The number of benzene rings is 1. The minimum absolute atomic E-state index is 0.117. The van der Waals surface area contributed by atoms with Gasteiger partial charge in [0, 0.05) is 32.1 Å². The summed E-state index contributed by atoms with van der Waals surface area (Å²) in [5, 5.41) is 10.2. The van der Waals surface area contributed by atoms with Crippen LogP contribution in [0, 0.1) is 0 Å². The van der Waals surface area contributed by atoms with Crippen LogP contribution in [-0.4, -0.2) is 33.8 Å². The number of aryl methyl sites for hydroxylation is 1. The molecule has 1 heterocycles. The van der Waals surface area contributed by atoms with E-state index in [2.05, 4.69) is 20.7 Å². The molecule has 0 saturated carbocycles. The van der Waals surface area contributed by atoms with E-state index in [0.717, 1.165) is 11.5 Å². The van der Waals surface area contributed by atoms with Gasteiger partial charge in [-0.3, -0.25) is 9.48 Å². The lowest BCUT2D eigenvalue weighted by atomic mass is 10.1. The zero-order chi connectivity index (χ0) is 15.2. The topological polar surface area (TPSA) is 97.9 Å². The number of amides is 1. The van der Waals surface area contributed by atoms with Crippen LogP contribution < -0.4 is 16.4 Å². The van der Waals surface area contributed by atoms with Crippen LogP contribution in [0.1, 0.15) is 23.1 Å². The summed E-state index contributed by atoms with van der Waals surface area (Å²) in [4.78, 5) is 15.9. The molecule has 0 spiro atoms. The van der Waals surface area contributed by atoms with Crippen molar-refractivity contribution in [2.75, 3.05) is 24.1 Å². The third-order valence-corrected chi connectivity index (χ3v) is 2.96. The van der Waals surface area contributed by atoms with Gasteiger partial charge in [-0.1, -0.05) is 0 Å². The number of hydrogen-bond acceptors (Lipinski definition) is 5. The van der Waals surface area contributed by atoms with Crippen LogP contribution in [-0.2, 0) is 13.5 Å². The van der Waals surface area contributed by atoms with Crippen LogP contribution in [0.2, 0.25) is 0 Å². The lowest BCUT2D eigenvalue weighted by Gasteiger charge is -2.10. The molecule has 0 atom stereocenters. The summed E-state index contributed by atoms with van der Waals surface area (Å²) in [6.07, 6.45) is 2.38. The van der Waals surface area contributed by atoms with Gasteiger partial charge < -0.3 is 16.4 Å². The van der Waals surface area contributed by atoms with Crippen molar-refractivity contribution in [2.24, 2.45) is 7.05 Å². The molecule has 0 saturated heterocycles. The fraction of sp³-hybridized carbons (Fsp3) is 0.357. The van der Waals surface area contributed by atoms with E-state index in [1.54, 1.807) is 23.1 Å². The number of nitrogens with one attached hydrogen (secondary N) is 2. The highest BCUT2D eigenvalue weighted by molar-refractivity contribution is 5.96. The van der Waals surface area contributed by atoms with Crippen LogP contribution in [0.5, 0.6) is 0 Å². The zero-order valence-electron chi connectivity index (χ0n) is 12.3. The molecule has 0 fully saturated rings. The number of carbonyl (C=O) groups is 1. The van der Waals surface area contributed by atoms with Gasteiger partial charge >= 0.3 is 0 Å². The lowest BCUT2D eigenvalue weighted by Crippen LogP contribution is -2.22. The van der Waals surface area contributed by atoms with E-state index >= 15 is 0 Å². The fourth-order valence-electron chi connectivity index (χ4n) is 1.94. The van der Waals surface area contributed by atoms with Crippen molar-refractivity contribution in [2.45, 2.75) is 13.3 Å². The Morgan fingerprint density at radius 3 is 2.86 bits per heavy atom. The van der Waals surface area contributed by atoms with Crippen molar-refractivity contribution in [1.82, 2.24) is 20.1 Å². The van der Waals surface area contributed by atoms with Crippen molar-refractivity contribution in [3.05, 3.63) is 35.9 Å². The fourth-order valence-corrected chi connectivity index (χ4v) is 1.94. The maximum Gasteiger partial charge on any atom is 0.251 e. The first-order valence-electron chi connectivity index (χ1n) is 6.86. The molecule has 1 aromatic carbocycles. The van der Waals surface area contributed by atoms with E-state index in [1.165, 1.54) is 0 Å². The molecule has 2 rings (SSSR count). The number of nitrogens with zero attached hydrogens (tertiary/aromatic N) is 3. The van der Waals surface area contributed by atoms with E-state index in [1.807, 2.05) is 20.0 Å². The first-order chi connectivity index (χ1) is 10.1. The summed E-state index contributed by atoms with van der Waals surface area (Å²) in [5.74, 6) is 0.663. The summed E-state index contributed by atoms with van der Waals surface area (Å²) in [6, 6.07) is 5.24. The molecule has 7 nitrogen and oxygen atoms in total. The van der Waals surface area contributed by atoms with Gasteiger partial charge in [0.15, 0.2) is 5.82 Å². The van der Waals surface area contributed by atoms with E-state index in [4.69, 9.17) is 5.73 Å². The Morgan fingerprint density at radius 2 is 2.24 bits per heavy atom. The maximum absolute atomic E-state index is 11.7. The number of carbonyl (C=O) groups excluding carboxylic acids is 1. The third-order valence-electron chi connectivity index (χ3n) is 2.96. The van der Waals surface area contributed by atoms with Gasteiger partial charge in [-0.25, -0.2) is 4.98 Å². The SMILES string of the molecule is CCNC(=O)c1ccc(NCCc2ncn(C)n2)c(N)c1. The molecule has 0 aliphatic heterocycles. The van der Waals surface area contributed by atoms with E-state index in [0.29, 0.717) is 30.8 Å². The Morgan fingerprint density at radius 1 is 1.43 bits per heavy atom. The predicted molar refractivity (Wildman–Crippen MR) is 82.1 cm³/mol. The van der Waals surface area contributed by atoms with Crippen LogP contribution in [0.4, 0.5) is 11.4 Å². The van der Waals surface area contributed by atoms with Gasteiger partial charge in [-0.05, 0) is 25.1 Å². The Kier molecular flexibility index (Phi) is 4.76. The monoisotopic (exact) mass is 288 g/mol. The summed E-state index contributed by atoms with van der Waals surface area (Å²) in [6.45, 7) is 3.15. The molecule has 1 aromatic heterocycles. The Labute approximate surface area is 123 Å². The molecule has 0 unspecified atom stereocenters. The number of hydrogen-bond donors (Lipinski definition) is 3. The van der Waals surface area contributed by atoms with Gasteiger partial charge in [0.1, 0.15) is 6.33 Å². The van der Waals surface area contributed by atoms with Crippen LogP contribution in [0.3, 0.4) is 0 Å². The lowest BCUT2D eigenvalue weighted by molar-refractivity contribution is 0.0956. The zero-order valence-corrected chi connectivity index (χ0v) is 12.3. The Bertz CT molecular complexity index is 622. The molecule has 7 heteroatoms. The molecule has 112 valence electrons. The average Bonchev–Trinajstić information content (AvgIpc) is 2.86. The first-order valence-corrected chi connectivity index (χ1v) is 6.86. The molecule has 0 aliphatic rings. The predicted octanol–water partition coefficient (Wildman–Crippen LogP) is 0.802. The number of anilines is 2. The normalized spacial score (nSPS) is 10.4. The van der Waals surface area contributed by atoms with Crippen molar-refractivity contribution in [3.63, 3.8) is 0 Å². The van der Waals surface area contributed by atoms with E-state index in [9.17, 15) is 4.79 Å². The average molecular weight is 288 g/mol. The smallest absolute Gasteiger partial charge is 0.251 e. The van der Waals surface area contributed by atoms with Crippen LogP contribution in [0.15, 0.2) is 24.5 Å². The molecule has 4 N–H and O–H groups in total. The molecular formula is C14H20N6O. The highest BCUT2D eigenvalue weighted by Gasteiger charge is 2.07. The summed E-state index contributed by atoms with van der Waals surface area (Å²) in [7, 11) is 1.84. The minimum Gasteiger partial charge on any atom is -0.397 e. The van der Waals surface area contributed by atoms with Crippen LogP contribution in [0.25, 0.3) is 0 Å². The quantitative estimate of drug-likeness (QED) is 0.683. The molecule has 0 bridgehead atoms. The van der Waals surface area contributed by atoms with Crippen molar-refractivity contribution >= 4 is 17.3 Å². The summed E-state index contributed by atoms with van der Waals surface area (Å²) in [5.41, 5.74) is 7.88. The van der Waals surface area contributed by atoms with Gasteiger partial charge in [0.2, 0.25) is 0 Å². The van der Waals surface area contributed by atoms with Gasteiger partial charge in [-0.2, -0.15) is 5.10 Å². The van der Waals surface area contributed by atoms with Gasteiger partial charge in [-0.15, -0.1) is 0 Å². The third kappa shape index (κ3) is 3.95. The number of rotatable bonds is 6. The second-order valence-corrected chi connectivity index (χ2v) is 4.67. The van der Waals surface area contributed by atoms with Crippen LogP contribution >= 0.6 is 0 Å². The number of nitrogen functional groups attached to an aromatic ring is 1. The maximum atomic E-state index is 11.7. The summed E-state index contributed by atoms with van der Waals surface area (Å²) >= 11 is 0. The highest BCUT2D eigenvalue weighted by Crippen LogP contribution is 2.19. The Balaban J connectivity index is 1.93. The number of aromatic nitrogens is 3. The van der Waals surface area contributed by atoms with Gasteiger partial charge in [0.05, 0.1) is 11.4 Å². The molecular weight excluding hydrogens is 268 g/mol. The second kappa shape index (κ2) is 6.74. The molecule has 0 radical (unpaired) electrons. The Hall–Kier alpha value is -2.57. The van der Waals surface area contributed by atoms with E-state index in [-0.39, 0.29) is 5.91 Å². The van der Waals surface area contributed by atoms with Crippen molar-refractivity contribution in [3.8, 4) is 0 Å². The molecule has 2 aromatic rings.